The van der Waals surface area contributed by atoms with Gasteiger partial charge in [-0.25, -0.2) is 9.59 Å². The van der Waals surface area contributed by atoms with Crippen molar-refractivity contribution in [3.63, 3.8) is 0 Å². The molecule has 6 heteroatoms. The van der Waals surface area contributed by atoms with Crippen LogP contribution >= 0.6 is 11.3 Å². The molecule has 0 fully saturated rings. The van der Waals surface area contributed by atoms with Crippen molar-refractivity contribution in [2.45, 2.75) is 19.4 Å². The largest absolute Gasteiger partial charge is 0.467 e. The molecule has 0 aliphatic carbocycles. The third kappa shape index (κ3) is 2.20. The van der Waals surface area contributed by atoms with E-state index in [1.807, 2.05) is 18.4 Å². The highest BCUT2D eigenvalue weighted by Gasteiger charge is 2.37. The molecule has 0 saturated carbocycles. The summed E-state index contributed by atoms with van der Waals surface area (Å²) in [6.07, 6.45) is 0.789. The maximum absolute atomic E-state index is 12.0. The number of hydrogen-bond donors (Lipinski definition) is 1. The lowest BCUT2D eigenvalue weighted by atomic mass is 10.0. The molecule has 18 heavy (non-hydrogen) atoms. The number of rotatable bonds is 2. The number of nitrogens with one attached hydrogen (secondary N) is 1. The van der Waals surface area contributed by atoms with Crippen LogP contribution in [0.15, 0.2) is 11.4 Å². The van der Waals surface area contributed by atoms with E-state index in [4.69, 9.17) is 4.74 Å². The monoisotopic (exact) mass is 268 g/mol. The van der Waals surface area contributed by atoms with Crippen LogP contribution in [0, 0.1) is 0 Å². The van der Waals surface area contributed by atoms with Crippen LogP contribution in [0.1, 0.15) is 23.4 Å². The lowest BCUT2D eigenvalue weighted by Crippen LogP contribution is -2.48. The van der Waals surface area contributed by atoms with Gasteiger partial charge in [0.05, 0.1) is 7.11 Å². The predicted molar refractivity (Wildman–Crippen MR) is 68.6 cm³/mol. The first-order chi connectivity index (χ1) is 8.69. The van der Waals surface area contributed by atoms with Crippen LogP contribution in [0.2, 0.25) is 0 Å². The van der Waals surface area contributed by atoms with Crippen molar-refractivity contribution in [3.05, 3.63) is 21.9 Å². The molecule has 1 aliphatic heterocycles. The Morgan fingerprint density at radius 2 is 2.39 bits per heavy atom. The van der Waals surface area contributed by atoms with Crippen LogP contribution in [0.25, 0.3) is 0 Å². The third-order valence-corrected chi connectivity index (χ3v) is 3.98. The fourth-order valence-electron chi connectivity index (χ4n) is 2.15. The number of amides is 2. The summed E-state index contributed by atoms with van der Waals surface area (Å²) in [5.74, 6) is -0.388. The zero-order chi connectivity index (χ0) is 13.1. The van der Waals surface area contributed by atoms with Crippen LogP contribution in [-0.4, -0.2) is 37.1 Å². The number of esters is 1. The Labute approximate surface area is 110 Å². The number of carbonyl (C=O) groups is 2. The average Bonchev–Trinajstić information content (AvgIpc) is 2.85. The molecule has 0 bridgehead atoms. The van der Waals surface area contributed by atoms with Crippen LogP contribution in [0.5, 0.6) is 0 Å². The lowest BCUT2D eigenvalue weighted by molar-refractivity contribution is -0.146. The Morgan fingerprint density at radius 1 is 1.61 bits per heavy atom. The zero-order valence-corrected chi connectivity index (χ0v) is 11.3. The summed E-state index contributed by atoms with van der Waals surface area (Å²) in [5, 5.41) is 4.68. The maximum atomic E-state index is 12.0. The van der Waals surface area contributed by atoms with E-state index < -0.39 is 6.04 Å². The second-order valence-corrected chi connectivity index (χ2v) is 5.00. The molecule has 2 amide bonds. The summed E-state index contributed by atoms with van der Waals surface area (Å²) in [6.45, 7) is 2.93. The molecule has 1 N–H and O–H groups in total. The van der Waals surface area contributed by atoms with Crippen LogP contribution in [0.3, 0.4) is 0 Å². The number of carbonyl (C=O) groups excluding carboxylic acids is 2. The number of nitrogens with zero attached hydrogens (tertiary/aromatic N) is 1. The maximum Gasteiger partial charge on any atom is 0.333 e. The second kappa shape index (κ2) is 5.39. The van der Waals surface area contributed by atoms with E-state index in [1.54, 1.807) is 16.2 Å². The second-order valence-electron chi connectivity index (χ2n) is 4.00. The van der Waals surface area contributed by atoms with Crippen LogP contribution in [0.4, 0.5) is 4.79 Å². The molecule has 1 aromatic rings. The molecule has 98 valence electrons. The fraction of sp³-hybridized carbons (Fsp3) is 0.500. The highest BCUT2D eigenvalue weighted by atomic mass is 32.1. The number of methoxy groups -OCH3 is 1. The number of urea groups is 1. The predicted octanol–water partition coefficient (Wildman–Crippen LogP) is 1.55. The van der Waals surface area contributed by atoms with Gasteiger partial charge in [-0.15, -0.1) is 11.3 Å². The minimum absolute atomic E-state index is 0.218. The Bertz CT molecular complexity index is 458. The molecule has 0 unspecified atom stereocenters. The van der Waals surface area contributed by atoms with Gasteiger partial charge < -0.3 is 15.0 Å². The minimum atomic E-state index is -0.614. The van der Waals surface area contributed by atoms with Crippen molar-refractivity contribution in [2.75, 3.05) is 20.2 Å². The SMILES string of the molecule is CCNC(=O)N1CCc2sccc2[C@H]1C(=O)OC. The summed E-state index contributed by atoms with van der Waals surface area (Å²) in [6, 6.07) is 1.06. The summed E-state index contributed by atoms with van der Waals surface area (Å²) in [7, 11) is 1.35. The molecule has 1 atom stereocenters. The van der Waals surface area contributed by atoms with Crippen molar-refractivity contribution in [2.24, 2.45) is 0 Å². The number of fused-ring (bicyclic) bond motifs is 1. The quantitative estimate of drug-likeness (QED) is 0.828. The Kier molecular flexibility index (Phi) is 3.86. The van der Waals surface area contributed by atoms with Crippen LogP contribution in [-0.2, 0) is 16.0 Å². The first kappa shape index (κ1) is 12.9. The van der Waals surface area contributed by atoms with Crippen molar-refractivity contribution in [3.8, 4) is 0 Å². The summed E-state index contributed by atoms with van der Waals surface area (Å²) >= 11 is 1.62. The van der Waals surface area contributed by atoms with Crippen LogP contribution < -0.4 is 5.32 Å². The third-order valence-electron chi connectivity index (χ3n) is 2.98. The normalized spacial score (nSPS) is 18.1. The molecule has 0 radical (unpaired) electrons. The van der Waals surface area contributed by atoms with Gasteiger partial charge in [0.15, 0.2) is 6.04 Å². The Hall–Kier alpha value is -1.56. The van der Waals surface area contributed by atoms with Crippen molar-refractivity contribution in [1.29, 1.82) is 0 Å². The van der Waals surface area contributed by atoms with Crippen molar-refractivity contribution in [1.82, 2.24) is 10.2 Å². The Balaban J connectivity index is 2.31. The fourth-order valence-corrected chi connectivity index (χ4v) is 3.06. The smallest absolute Gasteiger partial charge is 0.333 e. The highest BCUT2D eigenvalue weighted by Crippen LogP contribution is 2.33. The molecular weight excluding hydrogens is 252 g/mol. The molecule has 1 aliphatic rings. The van der Waals surface area contributed by atoms with Gasteiger partial charge in [-0.2, -0.15) is 0 Å². The molecular formula is C12H16N2O3S. The van der Waals surface area contributed by atoms with Gasteiger partial charge in [-0.05, 0) is 30.4 Å². The molecule has 1 aromatic heterocycles. The highest BCUT2D eigenvalue weighted by molar-refractivity contribution is 7.10. The van der Waals surface area contributed by atoms with E-state index >= 15 is 0 Å². The van der Waals surface area contributed by atoms with E-state index in [1.165, 1.54) is 7.11 Å². The van der Waals surface area contributed by atoms with Gasteiger partial charge in [-0.3, -0.25) is 0 Å². The van der Waals surface area contributed by atoms with Gasteiger partial charge in [0.25, 0.3) is 0 Å². The zero-order valence-electron chi connectivity index (χ0n) is 10.4. The van der Waals surface area contributed by atoms with Gasteiger partial charge in [0, 0.05) is 18.0 Å². The summed E-state index contributed by atoms with van der Waals surface area (Å²) < 4.78 is 4.82. The van der Waals surface area contributed by atoms with E-state index in [9.17, 15) is 9.59 Å². The van der Waals surface area contributed by atoms with Gasteiger partial charge >= 0.3 is 12.0 Å². The molecule has 0 spiro atoms. The molecule has 2 heterocycles. The van der Waals surface area contributed by atoms with Gasteiger partial charge in [0.1, 0.15) is 0 Å². The standard InChI is InChI=1S/C12H16N2O3S/c1-3-13-12(16)14-6-4-9-8(5-7-18-9)10(14)11(15)17-2/h5,7,10H,3-4,6H2,1-2H3,(H,13,16)/t10-/m0/s1. The molecule has 5 nitrogen and oxygen atoms in total. The molecule has 0 saturated heterocycles. The molecule has 2 rings (SSSR count). The Morgan fingerprint density at radius 3 is 3.06 bits per heavy atom. The topological polar surface area (TPSA) is 58.6 Å². The number of ether oxygens (including phenoxy) is 1. The van der Waals surface area contributed by atoms with E-state index in [0.717, 1.165) is 16.9 Å². The van der Waals surface area contributed by atoms with Crippen molar-refractivity contribution < 1.29 is 14.3 Å². The number of thiophene rings is 1. The summed E-state index contributed by atoms with van der Waals surface area (Å²) in [4.78, 5) is 26.6. The van der Waals surface area contributed by atoms with E-state index in [2.05, 4.69) is 5.32 Å². The molecule has 0 aromatic carbocycles. The minimum Gasteiger partial charge on any atom is -0.467 e. The van der Waals surface area contributed by atoms with E-state index in [0.29, 0.717) is 13.1 Å². The number of hydrogen-bond acceptors (Lipinski definition) is 4. The first-order valence-electron chi connectivity index (χ1n) is 5.87. The van der Waals surface area contributed by atoms with Crippen molar-refractivity contribution >= 4 is 23.3 Å². The van der Waals surface area contributed by atoms with Gasteiger partial charge in [0.2, 0.25) is 0 Å². The average molecular weight is 268 g/mol. The van der Waals surface area contributed by atoms with E-state index in [-0.39, 0.29) is 12.0 Å². The summed E-state index contributed by atoms with van der Waals surface area (Å²) in [5.41, 5.74) is 0.893. The van der Waals surface area contributed by atoms with Gasteiger partial charge in [-0.1, -0.05) is 0 Å². The lowest BCUT2D eigenvalue weighted by Gasteiger charge is -2.33. The first-order valence-corrected chi connectivity index (χ1v) is 6.75.